The first kappa shape index (κ1) is 20.2. The van der Waals surface area contributed by atoms with E-state index >= 15 is 0 Å². The number of fused-ring (bicyclic) bond motifs is 1. The van der Waals surface area contributed by atoms with Crippen LogP contribution in [-0.4, -0.2) is 35.9 Å². The van der Waals surface area contributed by atoms with Crippen LogP contribution >= 0.6 is 0 Å². The molecule has 4 rings (SSSR count). The number of alkyl halides is 2. The maximum Gasteiger partial charge on any atom is 0.280 e. The lowest BCUT2D eigenvalue weighted by Gasteiger charge is -2.32. The molecule has 1 aliphatic heterocycles. The summed E-state index contributed by atoms with van der Waals surface area (Å²) in [5, 5.41) is 5.55. The molecule has 1 fully saturated rings. The molecule has 1 aliphatic rings. The van der Waals surface area contributed by atoms with E-state index in [4.69, 9.17) is 9.15 Å². The summed E-state index contributed by atoms with van der Waals surface area (Å²) in [5.41, 5.74) is 1.18. The van der Waals surface area contributed by atoms with Crippen LogP contribution in [0.1, 0.15) is 28.2 Å². The van der Waals surface area contributed by atoms with Crippen molar-refractivity contribution >= 4 is 16.9 Å². The summed E-state index contributed by atoms with van der Waals surface area (Å²) in [6.07, 6.45) is 1.23. The predicted octanol–water partition coefficient (Wildman–Crippen LogP) is 3.58. The van der Waals surface area contributed by atoms with Gasteiger partial charge in [0.1, 0.15) is 29.5 Å². The van der Waals surface area contributed by atoms with Gasteiger partial charge in [-0.3, -0.25) is 9.78 Å². The Labute approximate surface area is 170 Å². The van der Waals surface area contributed by atoms with Gasteiger partial charge in [-0.05, 0) is 50.2 Å². The van der Waals surface area contributed by atoms with E-state index in [1.54, 1.807) is 25.1 Å². The number of aromatic nitrogens is 1. The number of piperidine rings is 1. The number of ether oxygens (including phenoxy) is 1. The number of nitrogens with one attached hydrogen (secondary N) is 2. The van der Waals surface area contributed by atoms with Gasteiger partial charge < -0.3 is 19.8 Å². The minimum absolute atomic E-state index is 0.103. The summed E-state index contributed by atoms with van der Waals surface area (Å²) in [6.45, 7) is 1.64. The molecule has 1 atom stereocenters. The van der Waals surface area contributed by atoms with Crippen molar-refractivity contribution in [3.63, 3.8) is 0 Å². The Bertz CT molecular complexity index is 1070. The van der Waals surface area contributed by atoms with Gasteiger partial charge in [0.2, 0.25) is 0 Å². The number of pyridine rings is 1. The SMILES string of the molecule is Cc1oc2ccc(OCc3ccc(F)cn3)cc2c1C(=O)NC1CCNCC1(F)F. The minimum Gasteiger partial charge on any atom is -0.487 e. The normalized spacial score (nSPS) is 18.3. The lowest BCUT2D eigenvalue weighted by molar-refractivity contribution is -0.0487. The maximum atomic E-state index is 14.1. The highest BCUT2D eigenvalue weighted by Crippen LogP contribution is 2.30. The molecule has 0 saturated carbocycles. The van der Waals surface area contributed by atoms with Crippen LogP contribution in [0.25, 0.3) is 11.0 Å². The number of benzene rings is 1. The Kier molecular flexibility index (Phi) is 5.38. The van der Waals surface area contributed by atoms with Crippen LogP contribution in [0, 0.1) is 12.7 Å². The summed E-state index contributed by atoms with van der Waals surface area (Å²) < 4.78 is 52.4. The van der Waals surface area contributed by atoms with Crippen LogP contribution in [0.5, 0.6) is 5.75 Å². The van der Waals surface area contributed by atoms with Gasteiger partial charge >= 0.3 is 0 Å². The van der Waals surface area contributed by atoms with Crippen molar-refractivity contribution in [2.24, 2.45) is 0 Å². The van der Waals surface area contributed by atoms with Crippen molar-refractivity contribution in [1.82, 2.24) is 15.6 Å². The van der Waals surface area contributed by atoms with Crippen LogP contribution in [0.15, 0.2) is 40.9 Å². The third-order valence-corrected chi connectivity index (χ3v) is 5.02. The second kappa shape index (κ2) is 7.98. The number of hydrogen-bond acceptors (Lipinski definition) is 5. The van der Waals surface area contributed by atoms with Crippen LogP contribution in [-0.2, 0) is 6.61 Å². The van der Waals surface area contributed by atoms with E-state index in [2.05, 4.69) is 15.6 Å². The fourth-order valence-electron chi connectivity index (χ4n) is 3.46. The Balaban J connectivity index is 1.55. The molecule has 9 heteroatoms. The van der Waals surface area contributed by atoms with E-state index in [1.807, 2.05) is 0 Å². The van der Waals surface area contributed by atoms with Crippen molar-refractivity contribution in [2.45, 2.75) is 31.9 Å². The largest absolute Gasteiger partial charge is 0.487 e. The molecule has 3 heterocycles. The Morgan fingerprint density at radius 1 is 1.37 bits per heavy atom. The molecule has 6 nitrogen and oxygen atoms in total. The summed E-state index contributed by atoms with van der Waals surface area (Å²) in [6, 6.07) is 6.47. The molecule has 2 aromatic heterocycles. The maximum absolute atomic E-state index is 14.1. The molecule has 158 valence electrons. The standard InChI is InChI=1S/C21H20F3N3O3/c1-12-19(20(28)27-18-6-7-25-11-21(18,23)24)16-8-15(4-5-17(16)30-12)29-10-14-3-2-13(22)9-26-14/h2-5,8-9,18,25H,6-7,10-11H2,1H3,(H,27,28). The zero-order valence-electron chi connectivity index (χ0n) is 16.2. The number of hydrogen-bond donors (Lipinski definition) is 2. The molecular weight excluding hydrogens is 399 g/mol. The van der Waals surface area contributed by atoms with Crippen molar-refractivity contribution in [1.29, 1.82) is 0 Å². The van der Waals surface area contributed by atoms with E-state index in [1.165, 1.54) is 12.1 Å². The van der Waals surface area contributed by atoms with Gasteiger partial charge in [-0.2, -0.15) is 0 Å². The summed E-state index contributed by atoms with van der Waals surface area (Å²) in [4.78, 5) is 16.7. The quantitative estimate of drug-likeness (QED) is 0.661. The topological polar surface area (TPSA) is 76.4 Å². The fraction of sp³-hybridized carbons (Fsp3) is 0.333. The lowest BCUT2D eigenvalue weighted by Crippen LogP contribution is -2.57. The first-order chi connectivity index (χ1) is 14.3. The number of halogens is 3. The molecule has 1 unspecified atom stereocenters. The van der Waals surface area contributed by atoms with Gasteiger partial charge in [0.15, 0.2) is 0 Å². The van der Waals surface area contributed by atoms with Gasteiger partial charge in [0, 0.05) is 5.39 Å². The predicted molar refractivity (Wildman–Crippen MR) is 103 cm³/mol. The van der Waals surface area contributed by atoms with Crippen molar-refractivity contribution < 1.29 is 27.1 Å². The number of carbonyl (C=O) groups is 1. The van der Waals surface area contributed by atoms with E-state index in [0.29, 0.717) is 34.7 Å². The number of carbonyl (C=O) groups excluding carboxylic acids is 1. The zero-order chi connectivity index (χ0) is 21.3. The van der Waals surface area contributed by atoms with Crippen molar-refractivity contribution in [2.75, 3.05) is 13.1 Å². The van der Waals surface area contributed by atoms with Gasteiger partial charge in [-0.25, -0.2) is 13.2 Å². The van der Waals surface area contributed by atoms with Gasteiger partial charge in [-0.15, -0.1) is 0 Å². The first-order valence-electron chi connectivity index (χ1n) is 9.49. The van der Waals surface area contributed by atoms with Gasteiger partial charge in [0.05, 0.1) is 30.0 Å². The van der Waals surface area contributed by atoms with Gasteiger partial charge in [-0.1, -0.05) is 0 Å². The molecule has 1 saturated heterocycles. The number of aryl methyl sites for hydroxylation is 1. The third-order valence-electron chi connectivity index (χ3n) is 5.02. The fourth-order valence-corrected chi connectivity index (χ4v) is 3.46. The van der Waals surface area contributed by atoms with E-state index in [0.717, 1.165) is 6.20 Å². The first-order valence-corrected chi connectivity index (χ1v) is 9.49. The van der Waals surface area contributed by atoms with E-state index < -0.39 is 30.2 Å². The lowest BCUT2D eigenvalue weighted by atomic mass is 10.0. The van der Waals surface area contributed by atoms with Crippen LogP contribution in [0.3, 0.4) is 0 Å². The Morgan fingerprint density at radius 2 is 2.20 bits per heavy atom. The van der Waals surface area contributed by atoms with Gasteiger partial charge in [0.25, 0.3) is 11.8 Å². The monoisotopic (exact) mass is 419 g/mol. The molecule has 30 heavy (non-hydrogen) atoms. The Hall–Kier alpha value is -3.07. The number of amides is 1. The summed E-state index contributed by atoms with van der Waals surface area (Å²) >= 11 is 0. The van der Waals surface area contributed by atoms with Crippen LogP contribution < -0.4 is 15.4 Å². The van der Waals surface area contributed by atoms with E-state index in [-0.39, 0.29) is 18.6 Å². The highest BCUT2D eigenvalue weighted by Gasteiger charge is 2.42. The summed E-state index contributed by atoms with van der Waals surface area (Å²) in [7, 11) is 0. The third kappa shape index (κ3) is 4.11. The molecule has 1 aromatic carbocycles. The molecule has 0 aliphatic carbocycles. The molecule has 2 N–H and O–H groups in total. The molecular formula is C21H20F3N3O3. The second-order valence-electron chi connectivity index (χ2n) is 7.20. The van der Waals surface area contributed by atoms with Crippen LogP contribution in [0.2, 0.25) is 0 Å². The molecule has 0 bridgehead atoms. The minimum atomic E-state index is -3.03. The second-order valence-corrected chi connectivity index (χ2v) is 7.20. The smallest absolute Gasteiger partial charge is 0.280 e. The van der Waals surface area contributed by atoms with Crippen LogP contribution in [0.4, 0.5) is 13.2 Å². The highest BCUT2D eigenvalue weighted by molar-refractivity contribution is 6.07. The molecule has 0 radical (unpaired) electrons. The summed E-state index contributed by atoms with van der Waals surface area (Å²) in [5.74, 6) is -3.32. The van der Waals surface area contributed by atoms with E-state index in [9.17, 15) is 18.0 Å². The number of furan rings is 1. The highest BCUT2D eigenvalue weighted by atomic mass is 19.3. The van der Waals surface area contributed by atoms with Crippen molar-refractivity contribution in [3.05, 3.63) is 59.4 Å². The number of nitrogens with zero attached hydrogens (tertiary/aromatic N) is 1. The molecule has 0 spiro atoms. The average molecular weight is 419 g/mol. The average Bonchev–Trinajstić information content (AvgIpc) is 3.04. The zero-order valence-corrected chi connectivity index (χ0v) is 16.2. The number of rotatable bonds is 5. The molecule has 3 aromatic rings. The molecule has 1 amide bonds. The van der Waals surface area contributed by atoms with Crippen molar-refractivity contribution in [3.8, 4) is 5.75 Å². The Morgan fingerprint density at radius 3 is 2.93 bits per heavy atom.